The molecule has 104 valence electrons. The van der Waals surface area contributed by atoms with Crippen LogP contribution in [0.3, 0.4) is 0 Å². The largest absolute Gasteiger partial charge is 0.395 e. The van der Waals surface area contributed by atoms with Crippen LogP contribution in [0.5, 0.6) is 0 Å². The predicted molar refractivity (Wildman–Crippen MR) is 71.9 cm³/mol. The molecule has 1 aromatic carbocycles. The fourth-order valence-electron chi connectivity index (χ4n) is 1.61. The number of aliphatic hydroxyl groups excluding tert-OH is 1. The van der Waals surface area contributed by atoms with Gasteiger partial charge >= 0.3 is 0 Å². The van der Waals surface area contributed by atoms with E-state index in [1.165, 1.54) is 6.07 Å². The van der Waals surface area contributed by atoms with Crippen molar-refractivity contribution in [2.24, 2.45) is 5.92 Å². The van der Waals surface area contributed by atoms with E-state index in [1.54, 1.807) is 19.1 Å². The van der Waals surface area contributed by atoms with Gasteiger partial charge in [-0.25, -0.2) is 13.1 Å². The summed E-state index contributed by atoms with van der Waals surface area (Å²) in [5.41, 5.74) is 0.850. The maximum Gasteiger partial charge on any atom is 0.241 e. The number of nitrogens with zero attached hydrogens (tertiary/aromatic N) is 1. The monoisotopic (exact) mass is 282 g/mol. The van der Waals surface area contributed by atoms with Gasteiger partial charge in [-0.2, -0.15) is 5.26 Å². The van der Waals surface area contributed by atoms with Crippen LogP contribution >= 0.6 is 0 Å². The van der Waals surface area contributed by atoms with Crippen molar-refractivity contribution < 1.29 is 13.5 Å². The molecule has 0 aromatic heterocycles. The smallest absolute Gasteiger partial charge is 0.241 e. The van der Waals surface area contributed by atoms with Crippen molar-refractivity contribution in [3.63, 3.8) is 0 Å². The Morgan fingerprint density at radius 1 is 1.42 bits per heavy atom. The second kappa shape index (κ2) is 6.15. The molecule has 0 aliphatic carbocycles. The normalized spacial score (nSPS) is 13.3. The Kier molecular flexibility index (Phi) is 5.06. The summed E-state index contributed by atoms with van der Waals surface area (Å²) in [6, 6.07) is 5.87. The van der Waals surface area contributed by atoms with Gasteiger partial charge in [-0.1, -0.05) is 19.9 Å². The maximum absolute atomic E-state index is 12.3. The van der Waals surface area contributed by atoms with Crippen LogP contribution in [0.25, 0.3) is 0 Å². The van der Waals surface area contributed by atoms with Crippen molar-refractivity contribution >= 4 is 10.0 Å². The molecular formula is C13H18N2O3S. The molecule has 19 heavy (non-hydrogen) atoms. The molecule has 1 aromatic rings. The summed E-state index contributed by atoms with van der Waals surface area (Å²) in [4.78, 5) is 0.0747. The van der Waals surface area contributed by atoms with Crippen LogP contribution < -0.4 is 4.72 Å². The lowest BCUT2D eigenvalue weighted by Crippen LogP contribution is -2.41. The molecule has 1 unspecified atom stereocenters. The second-order valence-electron chi connectivity index (χ2n) is 4.75. The first-order valence-electron chi connectivity index (χ1n) is 5.95. The highest BCUT2D eigenvalue weighted by molar-refractivity contribution is 7.89. The lowest BCUT2D eigenvalue weighted by molar-refractivity contribution is 0.227. The average Bonchev–Trinajstić information content (AvgIpc) is 2.36. The van der Waals surface area contributed by atoms with Crippen LogP contribution in [0, 0.1) is 24.2 Å². The number of nitriles is 1. The van der Waals surface area contributed by atoms with Crippen molar-refractivity contribution in [3.8, 4) is 6.07 Å². The summed E-state index contributed by atoms with van der Waals surface area (Å²) in [6.45, 7) is 5.04. The van der Waals surface area contributed by atoms with E-state index in [9.17, 15) is 13.5 Å². The molecule has 2 N–H and O–H groups in total. The Balaban J connectivity index is 3.17. The molecule has 0 radical (unpaired) electrons. The molecule has 6 heteroatoms. The van der Waals surface area contributed by atoms with Gasteiger partial charge in [-0.3, -0.25) is 0 Å². The third-order valence-corrected chi connectivity index (χ3v) is 4.55. The van der Waals surface area contributed by atoms with Crippen LogP contribution in [-0.4, -0.2) is 26.2 Å². The zero-order valence-electron chi connectivity index (χ0n) is 11.2. The fourth-order valence-corrected chi connectivity index (χ4v) is 3.25. The van der Waals surface area contributed by atoms with Gasteiger partial charge in [-0.05, 0) is 30.5 Å². The number of rotatable bonds is 5. The van der Waals surface area contributed by atoms with E-state index in [-0.39, 0.29) is 23.0 Å². The average molecular weight is 282 g/mol. The van der Waals surface area contributed by atoms with Crippen LogP contribution in [0.2, 0.25) is 0 Å². The van der Waals surface area contributed by atoms with Gasteiger partial charge < -0.3 is 5.11 Å². The standard InChI is InChI=1S/C13H18N2O3S/c1-9(2)12(8-16)15-19(17,18)13-6-11(7-14)5-4-10(13)3/h4-6,9,12,15-16H,8H2,1-3H3. The number of benzene rings is 1. The molecule has 0 bridgehead atoms. The molecule has 0 fully saturated rings. The lowest BCUT2D eigenvalue weighted by Gasteiger charge is -2.20. The summed E-state index contributed by atoms with van der Waals surface area (Å²) in [5, 5.41) is 18.0. The number of sulfonamides is 1. The van der Waals surface area contributed by atoms with Gasteiger partial charge in [0.1, 0.15) is 0 Å². The van der Waals surface area contributed by atoms with Crippen LogP contribution in [0.1, 0.15) is 25.0 Å². The molecule has 5 nitrogen and oxygen atoms in total. The van der Waals surface area contributed by atoms with Crippen molar-refractivity contribution in [3.05, 3.63) is 29.3 Å². The van der Waals surface area contributed by atoms with Gasteiger partial charge in [0.25, 0.3) is 0 Å². The first kappa shape index (κ1) is 15.6. The fraction of sp³-hybridized carbons (Fsp3) is 0.462. The summed E-state index contributed by atoms with van der Waals surface area (Å²) in [6.07, 6.45) is 0. The summed E-state index contributed by atoms with van der Waals surface area (Å²) in [5.74, 6) is -0.0285. The second-order valence-corrected chi connectivity index (χ2v) is 6.43. The molecule has 0 saturated carbocycles. The Bertz CT molecular complexity index is 588. The molecule has 0 saturated heterocycles. The topological polar surface area (TPSA) is 90.2 Å². The van der Waals surface area contributed by atoms with Crippen LogP contribution in [0.15, 0.2) is 23.1 Å². The first-order valence-corrected chi connectivity index (χ1v) is 7.44. The molecular weight excluding hydrogens is 264 g/mol. The number of nitrogens with one attached hydrogen (secondary N) is 1. The highest BCUT2D eigenvalue weighted by Crippen LogP contribution is 2.18. The maximum atomic E-state index is 12.3. The quantitative estimate of drug-likeness (QED) is 0.848. The van der Waals surface area contributed by atoms with E-state index in [2.05, 4.69) is 4.72 Å². The third kappa shape index (κ3) is 3.77. The summed E-state index contributed by atoms with van der Waals surface area (Å²) < 4.78 is 27.0. The Morgan fingerprint density at radius 2 is 2.05 bits per heavy atom. The molecule has 0 aliphatic rings. The van der Waals surface area contributed by atoms with E-state index < -0.39 is 16.1 Å². The van der Waals surface area contributed by atoms with Gasteiger partial charge in [0.15, 0.2) is 0 Å². The molecule has 0 spiro atoms. The number of hydrogen-bond donors (Lipinski definition) is 2. The Morgan fingerprint density at radius 3 is 2.53 bits per heavy atom. The highest BCUT2D eigenvalue weighted by atomic mass is 32.2. The molecule has 0 amide bonds. The van der Waals surface area contributed by atoms with Crippen molar-refractivity contribution in [1.29, 1.82) is 5.26 Å². The Labute approximate surface area is 113 Å². The minimum atomic E-state index is -3.74. The number of aliphatic hydroxyl groups is 1. The lowest BCUT2D eigenvalue weighted by atomic mass is 10.1. The van der Waals surface area contributed by atoms with E-state index in [4.69, 9.17) is 5.26 Å². The number of aryl methyl sites for hydroxylation is 1. The molecule has 1 rings (SSSR count). The molecule has 0 aliphatic heterocycles. The van der Waals surface area contributed by atoms with E-state index in [1.807, 2.05) is 19.9 Å². The molecule has 0 heterocycles. The van der Waals surface area contributed by atoms with Crippen molar-refractivity contribution in [1.82, 2.24) is 4.72 Å². The van der Waals surface area contributed by atoms with Gasteiger partial charge in [0.05, 0.1) is 23.1 Å². The Hall–Kier alpha value is -1.42. The van der Waals surface area contributed by atoms with E-state index in [0.717, 1.165) is 0 Å². The van der Waals surface area contributed by atoms with Gasteiger partial charge in [-0.15, -0.1) is 0 Å². The predicted octanol–water partition coefficient (Wildman–Crippen LogP) is 1.16. The van der Waals surface area contributed by atoms with Crippen molar-refractivity contribution in [2.45, 2.75) is 31.7 Å². The summed E-state index contributed by atoms with van der Waals surface area (Å²) >= 11 is 0. The SMILES string of the molecule is Cc1ccc(C#N)cc1S(=O)(=O)NC(CO)C(C)C. The van der Waals surface area contributed by atoms with Gasteiger partial charge in [0, 0.05) is 6.04 Å². The molecule has 1 atom stereocenters. The van der Waals surface area contributed by atoms with Gasteiger partial charge in [0.2, 0.25) is 10.0 Å². The minimum absolute atomic E-state index is 0.0285. The zero-order chi connectivity index (χ0) is 14.6. The third-order valence-electron chi connectivity index (χ3n) is 2.91. The number of hydrogen-bond acceptors (Lipinski definition) is 4. The van der Waals surface area contributed by atoms with Crippen molar-refractivity contribution in [2.75, 3.05) is 6.61 Å². The van der Waals surface area contributed by atoms with Crippen LogP contribution in [0.4, 0.5) is 0 Å². The minimum Gasteiger partial charge on any atom is -0.395 e. The first-order chi connectivity index (χ1) is 8.81. The highest BCUT2D eigenvalue weighted by Gasteiger charge is 2.23. The van der Waals surface area contributed by atoms with Crippen LogP contribution in [-0.2, 0) is 10.0 Å². The zero-order valence-corrected chi connectivity index (χ0v) is 12.0. The van der Waals surface area contributed by atoms with E-state index >= 15 is 0 Å². The summed E-state index contributed by atoms with van der Waals surface area (Å²) in [7, 11) is -3.74. The van der Waals surface area contributed by atoms with E-state index in [0.29, 0.717) is 5.56 Å².